The fourth-order valence-corrected chi connectivity index (χ4v) is 4.16. The molecule has 0 saturated carbocycles. The normalized spacial score (nSPS) is 15.5. The van der Waals surface area contributed by atoms with Crippen LogP contribution in [0.2, 0.25) is 0 Å². The Morgan fingerprint density at radius 1 is 1.14 bits per heavy atom. The summed E-state index contributed by atoms with van der Waals surface area (Å²) in [4.78, 5) is 10.7. The number of benzene rings is 1. The van der Waals surface area contributed by atoms with Crippen molar-refractivity contribution in [3.05, 3.63) is 46.2 Å². The summed E-state index contributed by atoms with van der Waals surface area (Å²) in [5.74, 6) is 2.77. The minimum absolute atomic E-state index is 0.860. The van der Waals surface area contributed by atoms with Gasteiger partial charge < -0.3 is 19.7 Å². The third-order valence-electron chi connectivity index (χ3n) is 5.00. The molecule has 0 radical (unpaired) electrons. The number of methoxy groups -OCH3 is 2. The van der Waals surface area contributed by atoms with Crippen LogP contribution in [-0.2, 0) is 13.0 Å². The zero-order chi connectivity index (χ0) is 19.8. The van der Waals surface area contributed by atoms with Crippen molar-refractivity contribution < 1.29 is 9.47 Å². The summed E-state index contributed by atoms with van der Waals surface area (Å²) in [5, 5.41) is 5.63. The molecule has 2 aromatic rings. The maximum Gasteiger partial charge on any atom is 0.193 e. The number of ether oxygens (including phenoxy) is 2. The molecular weight excluding hydrogens is 372 g/mol. The smallest absolute Gasteiger partial charge is 0.193 e. The van der Waals surface area contributed by atoms with Crippen LogP contribution >= 0.6 is 11.3 Å². The van der Waals surface area contributed by atoms with Crippen LogP contribution in [0, 0.1) is 0 Å². The van der Waals surface area contributed by atoms with E-state index in [1.165, 1.54) is 4.88 Å². The number of guanidine groups is 1. The lowest BCUT2D eigenvalue weighted by molar-refractivity contribution is 0.171. The van der Waals surface area contributed by atoms with E-state index in [0.29, 0.717) is 0 Å². The van der Waals surface area contributed by atoms with Crippen molar-refractivity contribution in [2.24, 2.45) is 4.99 Å². The van der Waals surface area contributed by atoms with Gasteiger partial charge in [0.15, 0.2) is 5.96 Å². The molecule has 0 aliphatic carbocycles. The highest BCUT2D eigenvalue weighted by Crippen LogP contribution is 2.25. The first-order chi connectivity index (χ1) is 13.7. The fraction of sp³-hybridized carbons (Fsp3) is 0.476. The first kappa shape index (κ1) is 20.5. The molecule has 1 aromatic heterocycles. The minimum atomic E-state index is 0.860. The Kier molecular flexibility index (Phi) is 7.56. The lowest BCUT2D eigenvalue weighted by atomic mass is 10.1. The number of nitrogens with one attached hydrogen (secondary N) is 1. The number of rotatable bonds is 7. The van der Waals surface area contributed by atoms with E-state index in [1.54, 1.807) is 25.6 Å². The van der Waals surface area contributed by atoms with Crippen molar-refractivity contribution in [1.82, 2.24) is 15.1 Å². The van der Waals surface area contributed by atoms with Crippen molar-refractivity contribution in [2.75, 3.05) is 54.0 Å². The number of nitrogens with zero attached hydrogens (tertiary/aromatic N) is 3. The van der Waals surface area contributed by atoms with Crippen LogP contribution in [0.1, 0.15) is 10.4 Å². The Balaban J connectivity index is 1.49. The first-order valence-electron chi connectivity index (χ1n) is 9.64. The first-order valence-corrected chi connectivity index (χ1v) is 10.5. The Hall–Kier alpha value is -2.25. The zero-order valence-electron chi connectivity index (χ0n) is 17.0. The highest BCUT2D eigenvalue weighted by molar-refractivity contribution is 7.09. The lowest BCUT2D eigenvalue weighted by Crippen LogP contribution is -2.52. The quantitative estimate of drug-likeness (QED) is 0.570. The number of hydrogen-bond acceptors (Lipinski definition) is 5. The molecule has 0 spiro atoms. The van der Waals surface area contributed by atoms with Crippen molar-refractivity contribution in [3.63, 3.8) is 0 Å². The standard InChI is InChI=1S/C21H30N4O2S/c1-22-21(23-9-8-19-5-4-14-28-19)25-12-10-24(11-13-25)16-17-15-18(26-2)6-7-20(17)27-3/h4-7,14-15H,8-13,16H2,1-3H3,(H,22,23). The molecule has 0 atom stereocenters. The average molecular weight is 403 g/mol. The SMILES string of the molecule is CN=C(NCCc1cccs1)N1CCN(Cc2cc(OC)ccc2OC)CC1. The van der Waals surface area contributed by atoms with E-state index in [-0.39, 0.29) is 0 Å². The number of thiophene rings is 1. The molecule has 1 fully saturated rings. The van der Waals surface area contributed by atoms with E-state index in [1.807, 2.05) is 19.2 Å². The van der Waals surface area contributed by atoms with Crippen molar-refractivity contribution in [1.29, 1.82) is 0 Å². The molecule has 0 unspecified atom stereocenters. The predicted molar refractivity (Wildman–Crippen MR) is 116 cm³/mol. The highest BCUT2D eigenvalue weighted by atomic mass is 32.1. The van der Waals surface area contributed by atoms with Gasteiger partial charge >= 0.3 is 0 Å². The summed E-state index contributed by atoms with van der Waals surface area (Å²) in [6.07, 6.45) is 1.03. The molecule has 3 rings (SSSR count). The van der Waals surface area contributed by atoms with Gasteiger partial charge in [0.25, 0.3) is 0 Å². The monoisotopic (exact) mass is 402 g/mol. The Morgan fingerprint density at radius 2 is 1.96 bits per heavy atom. The maximum absolute atomic E-state index is 5.52. The minimum Gasteiger partial charge on any atom is -0.497 e. The van der Waals surface area contributed by atoms with Crippen LogP contribution in [0.15, 0.2) is 40.7 Å². The summed E-state index contributed by atoms with van der Waals surface area (Å²) in [6.45, 7) is 5.68. The van der Waals surface area contributed by atoms with Crippen molar-refractivity contribution >= 4 is 17.3 Å². The zero-order valence-corrected chi connectivity index (χ0v) is 17.8. The van der Waals surface area contributed by atoms with Gasteiger partial charge in [-0.25, -0.2) is 0 Å². The van der Waals surface area contributed by atoms with Crippen LogP contribution in [0.3, 0.4) is 0 Å². The molecular formula is C21H30N4O2S. The summed E-state index contributed by atoms with van der Waals surface area (Å²) >= 11 is 1.81. The topological polar surface area (TPSA) is 49.3 Å². The summed E-state index contributed by atoms with van der Waals surface area (Å²) < 4.78 is 10.9. The molecule has 1 saturated heterocycles. The van der Waals surface area contributed by atoms with Gasteiger partial charge in [0, 0.05) is 56.8 Å². The van der Waals surface area contributed by atoms with Gasteiger partial charge in [0.05, 0.1) is 14.2 Å². The van der Waals surface area contributed by atoms with E-state index >= 15 is 0 Å². The van der Waals surface area contributed by atoms with Crippen molar-refractivity contribution in [3.8, 4) is 11.5 Å². The van der Waals surface area contributed by atoms with Crippen LogP contribution in [0.4, 0.5) is 0 Å². The number of hydrogen-bond donors (Lipinski definition) is 1. The van der Waals surface area contributed by atoms with Gasteiger partial charge in [-0.15, -0.1) is 11.3 Å². The van der Waals surface area contributed by atoms with Gasteiger partial charge in [-0.2, -0.15) is 0 Å². The Labute approximate surface area is 171 Å². The number of aliphatic imine (C=N–C) groups is 1. The largest absolute Gasteiger partial charge is 0.497 e. The van der Waals surface area contributed by atoms with Gasteiger partial charge in [-0.3, -0.25) is 9.89 Å². The third kappa shape index (κ3) is 5.39. The van der Waals surface area contributed by atoms with Gasteiger partial charge in [-0.1, -0.05) is 6.07 Å². The molecule has 7 heteroatoms. The third-order valence-corrected chi connectivity index (χ3v) is 5.94. The number of piperazine rings is 1. The molecule has 6 nitrogen and oxygen atoms in total. The molecule has 28 heavy (non-hydrogen) atoms. The second-order valence-electron chi connectivity index (χ2n) is 6.74. The van der Waals surface area contributed by atoms with Gasteiger partial charge in [-0.05, 0) is 36.1 Å². The molecule has 2 heterocycles. The fourth-order valence-electron chi connectivity index (χ4n) is 3.45. The molecule has 1 N–H and O–H groups in total. The lowest BCUT2D eigenvalue weighted by Gasteiger charge is -2.36. The second-order valence-corrected chi connectivity index (χ2v) is 7.78. The summed E-state index contributed by atoms with van der Waals surface area (Å²) in [7, 11) is 5.28. The molecule has 1 aliphatic rings. The molecule has 0 amide bonds. The average Bonchev–Trinajstić information content (AvgIpc) is 3.25. The molecule has 152 valence electrons. The van der Waals surface area contributed by atoms with Crippen LogP contribution in [-0.4, -0.2) is 69.8 Å². The van der Waals surface area contributed by atoms with E-state index in [9.17, 15) is 0 Å². The summed E-state index contributed by atoms with van der Waals surface area (Å²) in [5.41, 5.74) is 1.16. The molecule has 1 aromatic carbocycles. The summed E-state index contributed by atoms with van der Waals surface area (Å²) in [6, 6.07) is 10.3. The Morgan fingerprint density at radius 3 is 2.61 bits per heavy atom. The highest BCUT2D eigenvalue weighted by Gasteiger charge is 2.20. The second kappa shape index (κ2) is 10.3. The van der Waals surface area contributed by atoms with Gasteiger partial charge in [0.2, 0.25) is 0 Å². The van der Waals surface area contributed by atoms with Gasteiger partial charge in [0.1, 0.15) is 11.5 Å². The van der Waals surface area contributed by atoms with E-state index in [0.717, 1.165) is 68.7 Å². The predicted octanol–water partition coefficient (Wildman–Crippen LogP) is 2.70. The van der Waals surface area contributed by atoms with Crippen LogP contribution < -0.4 is 14.8 Å². The van der Waals surface area contributed by atoms with Crippen LogP contribution in [0.25, 0.3) is 0 Å². The maximum atomic E-state index is 5.52. The van der Waals surface area contributed by atoms with E-state index in [2.05, 4.69) is 43.7 Å². The van der Waals surface area contributed by atoms with Crippen LogP contribution in [0.5, 0.6) is 11.5 Å². The van der Waals surface area contributed by atoms with Crippen molar-refractivity contribution in [2.45, 2.75) is 13.0 Å². The molecule has 0 bridgehead atoms. The molecule has 1 aliphatic heterocycles. The van der Waals surface area contributed by atoms with E-state index < -0.39 is 0 Å². The van der Waals surface area contributed by atoms with E-state index in [4.69, 9.17) is 9.47 Å². The Bertz CT molecular complexity index is 756.